The maximum atomic E-state index is 11.0. The minimum Gasteiger partial charge on any atom is -0.378 e. The van der Waals surface area contributed by atoms with Gasteiger partial charge < -0.3 is 10.1 Å². The summed E-state index contributed by atoms with van der Waals surface area (Å²) in [7, 11) is 0. The molecule has 1 aliphatic heterocycles. The Balaban J connectivity index is 1.92. The number of benzene rings is 1. The number of halogens is 1. The molecule has 1 heterocycles. The Kier molecular flexibility index (Phi) is 5.51. The highest BCUT2D eigenvalue weighted by atomic mass is 79.9. The van der Waals surface area contributed by atoms with Crippen LogP contribution in [0.1, 0.15) is 25.3 Å². The van der Waals surface area contributed by atoms with Gasteiger partial charge in [-0.25, -0.2) is 0 Å². The zero-order chi connectivity index (χ0) is 14.5. The van der Waals surface area contributed by atoms with Crippen molar-refractivity contribution in [2.24, 2.45) is 5.92 Å². The average Bonchev–Trinajstić information content (AvgIpc) is 2.87. The molecule has 1 aliphatic rings. The van der Waals surface area contributed by atoms with Gasteiger partial charge in [-0.1, -0.05) is 22.9 Å². The molecule has 0 aliphatic carbocycles. The summed E-state index contributed by atoms with van der Waals surface area (Å²) >= 11 is 3.26. The summed E-state index contributed by atoms with van der Waals surface area (Å²) in [6, 6.07) is 5.17. The summed E-state index contributed by atoms with van der Waals surface area (Å²) in [5.74, 6) is 0.509. The smallest absolute Gasteiger partial charge is 0.275 e. The summed E-state index contributed by atoms with van der Waals surface area (Å²) < 4.78 is 6.37. The first-order valence-electron chi connectivity index (χ1n) is 6.87. The highest BCUT2D eigenvalue weighted by Crippen LogP contribution is 2.25. The van der Waals surface area contributed by atoms with E-state index in [1.54, 1.807) is 12.1 Å². The largest absolute Gasteiger partial charge is 0.378 e. The molecule has 1 N–H and O–H groups in total. The summed E-state index contributed by atoms with van der Waals surface area (Å²) in [6.07, 6.45) is 2.40. The maximum absolute atomic E-state index is 11.0. The SMILES string of the molecule is CCC1OCCC1CNCc1ccc(Br)cc1[N+](=O)[O-]. The molecule has 20 heavy (non-hydrogen) atoms. The molecule has 0 bridgehead atoms. The standard InChI is InChI=1S/C14H19BrN2O3/c1-2-14-11(5-6-20-14)9-16-8-10-3-4-12(15)7-13(10)17(18)19/h3-4,7,11,14,16H,2,5-6,8-9H2,1H3. The second kappa shape index (κ2) is 7.15. The molecule has 1 aromatic carbocycles. The third-order valence-electron chi connectivity index (χ3n) is 3.71. The van der Waals surface area contributed by atoms with Crippen molar-refractivity contribution in [2.45, 2.75) is 32.4 Å². The number of nitro groups is 1. The molecule has 5 nitrogen and oxygen atoms in total. The van der Waals surface area contributed by atoms with Gasteiger partial charge in [0.15, 0.2) is 0 Å². The maximum Gasteiger partial charge on any atom is 0.275 e. The van der Waals surface area contributed by atoms with Crippen LogP contribution >= 0.6 is 15.9 Å². The number of nitrogens with zero attached hydrogens (tertiary/aromatic N) is 1. The zero-order valence-electron chi connectivity index (χ0n) is 11.5. The van der Waals surface area contributed by atoms with Crippen molar-refractivity contribution >= 4 is 21.6 Å². The van der Waals surface area contributed by atoms with Crippen LogP contribution in [0.4, 0.5) is 5.69 Å². The molecule has 1 saturated heterocycles. The van der Waals surface area contributed by atoms with Crippen LogP contribution < -0.4 is 5.32 Å². The summed E-state index contributed by atoms with van der Waals surface area (Å²) in [5, 5.41) is 14.4. The zero-order valence-corrected chi connectivity index (χ0v) is 13.1. The Labute approximate surface area is 127 Å². The minimum absolute atomic E-state index is 0.154. The van der Waals surface area contributed by atoms with Crippen LogP contribution in [-0.4, -0.2) is 24.2 Å². The van der Waals surface area contributed by atoms with E-state index in [0.29, 0.717) is 24.1 Å². The van der Waals surface area contributed by atoms with Gasteiger partial charge in [-0.15, -0.1) is 0 Å². The molecule has 110 valence electrons. The number of rotatable bonds is 6. The summed E-state index contributed by atoms with van der Waals surface area (Å²) in [6.45, 7) is 4.30. The van der Waals surface area contributed by atoms with Gasteiger partial charge in [-0.05, 0) is 30.9 Å². The second-order valence-electron chi connectivity index (χ2n) is 5.03. The van der Waals surface area contributed by atoms with Gasteiger partial charge in [0, 0.05) is 35.8 Å². The summed E-state index contributed by atoms with van der Waals surface area (Å²) in [4.78, 5) is 10.7. The molecule has 2 rings (SSSR count). The van der Waals surface area contributed by atoms with Crippen molar-refractivity contribution in [1.29, 1.82) is 0 Å². The van der Waals surface area contributed by atoms with Crippen LogP contribution in [-0.2, 0) is 11.3 Å². The number of nitrogens with one attached hydrogen (secondary N) is 1. The topological polar surface area (TPSA) is 64.4 Å². The Bertz CT molecular complexity index is 481. The lowest BCUT2D eigenvalue weighted by atomic mass is 9.99. The Morgan fingerprint density at radius 1 is 1.55 bits per heavy atom. The molecule has 0 amide bonds. The van der Waals surface area contributed by atoms with Gasteiger partial charge in [0.2, 0.25) is 0 Å². The van der Waals surface area contributed by atoms with Crippen molar-refractivity contribution in [3.05, 3.63) is 38.3 Å². The molecule has 1 fully saturated rings. The van der Waals surface area contributed by atoms with E-state index in [1.807, 2.05) is 6.07 Å². The molecule has 2 unspecified atom stereocenters. The first-order valence-corrected chi connectivity index (χ1v) is 7.66. The number of nitro benzene ring substituents is 1. The first-order chi connectivity index (χ1) is 9.61. The third-order valence-corrected chi connectivity index (χ3v) is 4.21. The van der Waals surface area contributed by atoms with Crippen LogP contribution in [0.15, 0.2) is 22.7 Å². The first kappa shape index (κ1) is 15.4. The molecule has 0 spiro atoms. The molecule has 0 aromatic heterocycles. The normalized spacial score (nSPS) is 22.1. The molecular formula is C14H19BrN2O3. The van der Waals surface area contributed by atoms with E-state index in [1.165, 1.54) is 0 Å². The van der Waals surface area contributed by atoms with Crippen LogP contribution in [0.25, 0.3) is 0 Å². The van der Waals surface area contributed by atoms with Gasteiger partial charge >= 0.3 is 0 Å². The van der Waals surface area contributed by atoms with E-state index < -0.39 is 0 Å². The van der Waals surface area contributed by atoms with Crippen molar-refractivity contribution in [3.8, 4) is 0 Å². The van der Waals surface area contributed by atoms with Crippen molar-refractivity contribution in [3.63, 3.8) is 0 Å². The summed E-state index contributed by atoms with van der Waals surface area (Å²) in [5.41, 5.74) is 0.867. The van der Waals surface area contributed by atoms with Crippen LogP contribution in [0.3, 0.4) is 0 Å². The fourth-order valence-electron chi connectivity index (χ4n) is 2.63. The number of hydrogen-bond donors (Lipinski definition) is 1. The van der Waals surface area contributed by atoms with Crippen molar-refractivity contribution < 1.29 is 9.66 Å². The fraction of sp³-hybridized carbons (Fsp3) is 0.571. The van der Waals surface area contributed by atoms with Crippen LogP contribution in [0.2, 0.25) is 0 Å². The quantitative estimate of drug-likeness (QED) is 0.636. The Morgan fingerprint density at radius 2 is 2.35 bits per heavy atom. The molecule has 0 saturated carbocycles. The Hall–Kier alpha value is -0.980. The molecular weight excluding hydrogens is 324 g/mol. The van der Waals surface area contributed by atoms with E-state index in [-0.39, 0.29) is 10.6 Å². The second-order valence-corrected chi connectivity index (χ2v) is 5.94. The van der Waals surface area contributed by atoms with Crippen molar-refractivity contribution in [2.75, 3.05) is 13.2 Å². The third kappa shape index (κ3) is 3.77. The minimum atomic E-state index is -0.338. The van der Waals surface area contributed by atoms with E-state index in [0.717, 1.165) is 30.5 Å². The van der Waals surface area contributed by atoms with Crippen LogP contribution in [0, 0.1) is 16.0 Å². The lowest BCUT2D eigenvalue weighted by molar-refractivity contribution is -0.385. The van der Waals surface area contributed by atoms with E-state index in [9.17, 15) is 10.1 Å². The number of hydrogen-bond acceptors (Lipinski definition) is 4. The van der Waals surface area contributed by atoms with E-state index in [2.05, 4.69) is 28.2 Å². The van der Waals surface area contributed by atoms with Gasteiger partial charge in [-0.3, -0.25) is 10.1 Å². The van der Waals surface area contributed by atoms with Crippen molar-refractivity contribution in [1.82, 2.24) is 5.32 Å². The predicted molar refractivity (Wildman–Crippen MR) is 80.6 cm³/mol. The van der Waals surface area contributed by atoms with Gasteiger partial charge in [0.25, 0.3) is 5.69 Å². The van der Waals surface area contributed by atoms with Gasteiger partial charge in [-0.2, -0.15) is 0 Å². The van der Waals surface area contributed by atoms with E-state index >= 15 is 0 Å². The lowest BCUT2D eigenvalue weighted by Crippen LogP contribution is -2.28. The lowest BCUT2D eigenvalue weighted by Gasteiger charge is -2.17. The monoisotopic (exact) mass is 342 g/mol. The molecule has 6 heteroatoms. The van der Waals surface area contributed by atoms with E-state index in [4.69, 9.17) is 4.74 Å². The molecule has 2 atom stereocenters. The molecule has 1 aromatic rings. The Morgan fingerprint density at radius 3 is 3.05 bits per heavy atom. The highest BCUT2D eigenvalue weighted by Gasteiger charge is 2.26. The van der Waals surface area contributed by atoms with Crippen LogP contribution in [0.5, 0.6) is 0 Å². The molecule has 0 radical (unpaired) electrons. The highest BCUT2D eigenvalue weighted by molar-refractivity contribution is 9.10. The predicted octanol–water partition coefficient (Wildman–Crippen LogP) is 3.26. The van der Waals surface area contributed by atoms with Gasteiger partial charge in [0.05, 0.1) is 11.0 Å². The van der Waals surface area contributed by atoms with Gasteiger partial charge in [0.1, 0.15) is 0 Å². The fourth-order valence-corrected chi connectivity index (χ4v) is 2.98. The number of ether oxygens (including phenoxy) is 1. The average molecular weight is 343 g/mol.